The lowest BCUT2D eigenvalue weighted by atomic mass is 9.72. The second-order valence-corrected chi connectivity index (χ2v) is 11.4. The van der Waals surface area contributed by atoms with E-state index in [1.807, 2.05) is 37.3 Å². The topological polar surface area (TPSA) is 108 Å². The molecule has 0 radical (unpaired) electrons. The van der Waals surface area contributed by atoms with Gasteiger partial charge in [0, 0.05) is 23.9 Å². The average Bonchev–Trinajstić information content (AvgIpc) is 2.88. The van der Waals surface area contributed by atoms with Crippen LogP contribution in [0.4, 0.5) is 13.2 Å². The van der Waals surface area contributed by atoms with Crippen molar-refractivity contribution < 1.29 is 32.7 Å². The Labute approximate surface area is 229 Å². The van der Waals surface area contributed by atoms with Gasteiger partial charge in [-0.15, -0.1) is 0 Å². The molecule has 5 atom stereocenters. The van der Waals surface area contributed by atoms with Gasteiger partial charge in [0.05, 0.1) is 12.1 Å². The highest BCUT2D eigenvalue weighted by atomic mass is 19.4. The van der Waals surface area contributed by atoms with E-state index < -0.39 is 41.6 Å². The fourth-order valence-corrected chi connectivity index (χ4v) is 5.20. The van der Waals surface area contributed by atoms with Crippen molar-refractivity contribution in [1.82, 2.24) is 16.0 Å². The number of halogens is 3. The molecule has 0 aliphatic heterocycles. The normalized spacial score (nSPS) is 20.4. The van der Waals surface area contributed by atoms with Crippen LogP contribution in [0.2, 0.25) is 0 Å². The van der Waals surface area contributed by atoms with Crippen LogP contribution in [0.3, 0.4) is 0 Å². The van der Waals surface area contributed by atoms with E-state index in [4.69, 9.17) is 0 Å². The van der Waals surface area contributed by atoms with Gasteiger partial charge in [-0.05, 0) is 63.9 Å². The zero-order chi connectivity index (χ0) is 29.2. The van der Waals surface area contributed by atoms with E-state index >= 15 is 0 Å². The van der Waals surface area contributed by atoms with Gasteiger partial charge in [0.1, 0.15) is 0 Å². The Hall–Kier alpha value is -2.62. The van der Waals surface area contributed by atoms with Crippen LogP contribution < -0.4 is 16.0 Å². The molecule has 0 heterocycles. The molecule has 0 spiro atoms. The number of carbonyl (C=O) groups excluding carboxylic acids is 3. The lowest BCUT2D eigenvalue weighted by Gasteiger charge is -2.40. The molecule has 2 rings (SSSR count). The third-order valence-electron chi connectivity index (χ3n) is 7.72. The first-order chi connectivity index (χ1) is 18.2. The molecule has 1 aromatic carbocycles. The molecule has 0 saturated heterocycles. The Morgan fingerprint density at radius 1 is 1.10 bits per heavy atom. The molecule has 4 N–H and O–H groups in total. The van der Waals surface area contributed by atoms with Gasteiger partial charge in [0.25, 0.3) is 0 Å². The van der Waals surface area contributed by atoms with E-state index in [0.717, 1.165) is 18.4 Å². The third-order valence-corrected chi connectivity index (χ3v) is 7.72. The zero-order valence-corrected chi connectivity index (χ0v) is 23.4. The number of carbonyl (C=O) groups is 3. The highest BCUT2D eigenvalue weighted by Gasteiger charge is 2.44. The van der Waals surface area contributed by atoms with Crippen molar-refractivity contribution in [2.75, 3.05) is 6.54 Å². The molecule has 1 saturated carbocycles. The number of aliphatic hydroxyl groups is 1. The number of unbranched alkanes of at least 4 members (excludes halogenated alkanes) is 1. The standard InChI is InChI=1S/C29H44F3N3O4/c1-5-6-15-33-25(37)19(2)16-24(36)23(17-20-11-8-7-9-12-20)34-26(38)21-13-10-14-22(18-21)28(3,4)35-27(39)29(30,31)32/h7-9,11-12,19,21-24,36H,5-6,10,13-18H2,1-4H3,(H,33,37)(H,34,38)(H,35,39)/t19-,21+,22+,23?,24+/m1/s1. The highest BCUT2D eigenvalue weighted by molar-refractivity contribution is 5.82. The monoisotopic (exact) mass is 555 g/mol. The van der Waals surface area contributed by atoms with Crippen LogP contribution in [0.5, 0.6) is 0 Å². The summed E-state index contributed by atoms with van der Waals surface area (Å²) in [5.41, 5.74) is -0.228. The summed E-state index contributed by atoms with van der Waals surface area (Å²) in [6, 6.07) is 8.76. The minimum absolute atomic E-state index is 0.148. The number of nitrogens with one attached hydrogen (secondary N) is 3. The second kappa shape index (κ2) is 14.7. The Kier molecular flexibility index (Phi) is 12.3. The fourth-order valence-electron chi connectivity index (χ4n) is 5.20. The summed E-state index contributed by atoms with van der Waals surface area (Å²) in [4.78, 5) is 37.4. The van der Waals surface area contributed by atoms with Gasteiger partial charge in [-0.2, -0.15) is 13.2 Å². The summed E-state index contributed by atoms with van der Waals surface area (Å²) in [6.45, 7) is 7.45. The van der Waals surface area contributed by atoms with Gasteiger partial charge >= 0.3 is 12.1 Å². The van der Waals surface area contributed by atoms with Gasteiger partial charge < -0.3 is 21.1 Å². The maximum absolute atomic E-state index is 13.4. The van der Waals surface area contributed by atoms with Crippen LogP contribution >= 0.6 is 0 Å². The van der Waals surface area contributed by atoms with Crippen molar-refractivity contribution in [3.8, 4) is 0 Å². The summed E-state index contributed by atoms with van der Waals surface area (Å²) >= 11 is 0. The number of alkyl halides is 3. The Balaban J connectivity index is 2.09. The van der Waals surface area contributed by atoms with Crippen molar-refractivity contribution in [2.24, 2.45) is 17.8 Å². The molecule has 1 aromatic rings. The maximum Gasteiger partial charge on any atom is 0.471 e. The van der Waals surface area contributed by atoms with Crippen LogP contribution in [-0.4, -0.2) is 53.2 Å². The molecule has 220 valence electrons. The molecular weight excluding hydrogens is 511 g/mol. The van der Waals surface area contributed by atoms with Crippen LogP contribution in [-0.2, 0) is 20.8 Å². The van der Waals surface area contributed by atoms with E-state index in [9.17, 15) is 32.7 Å². The molecule has 1 unspecified atom stereocenters. The van der Waals surface area contributed by atoms with Gasteiger partial charge in [-0.1, -0.05) is 57.0 Å². The summed E-state index contributed by atoms with van der Waals surface area (Å²) < 4.78 is 38.5. The van der Waals surface area contributed by atoms with E-state index in [0.29, 0.717) is 38.6 Å². The molecule has 39 heavy (non-hydrogen) atoms. The van der Waals surface area contributed by atoms with Gasteiger partial charge in [0.15, 0.2) is 0 Å². The SMILES string of the molecule is CCCCNC(=O)[C@H](C)C[C@H](O)C(Cc1ccccc1)NC(=O)[C@H]1CCC[C@H](C(C)(C)NC(=O)C(F)(F)F)C1. The minimum atomic E-state index is -4.98. The van der Waals surface area contributed by atoms with Crippen LogP contribution in [0.15, 0.2) is 30.3 Å². The molecule has 0 bridgehead atoms. The second-order valence-electron chi connectivity index (χ2n) is 11.4. The predicted molar refractivity (Wildman–Crippen MR) is 144 cm³/mol. The maximum atomic E-state index is 13.4. The lowest BCUT2D eigenvalue weighted by Crippen LogP contribution is -2.55. The molecule has 0 aromatic heterocycles. The number of benzene rings is 1. The average molecular weight is 556 g/mol. The first-order valence-corrected chi connectivity index (χ1v) is 13.9. The van der Waals surface area contributed by atoms with Crippen molar-refractivity contribution in [3.05, 3.63) is 35.9 Å². The molecule has 3 amide bonds. The fraction of sp³-hybridized carbons (Fsp3) is 0.690. The Bertz CT molecular complexity index is 939. The van der Waals surface area contributed by atoms with E-state index in [2.05, 4.69) is 16.0 Å². The quantitative estimate of drug-likeness (QED) is 0.273. The van der Waals surface area contributed by atoms with Crippen LogP contribution in [0.25, 0.3) is 0 Å². The zero-order valence-electron chi connectivity index (χ0n) is 23.4. The van der Waals surface area contributed by atoms with Crippen molar-refractivity contribution in [1.29, 1.82) is 0 Å². The molecule has 7 nitrogen and oxygen atoms in total. The third kappa shape index (κ3) is 10.5. The van der Waals surface area contributed by atoms with Crippen molar-refractivity contribution in [2.45, 2.75) is 103 Å². The summed E-state index contributed by atoms with van der Waals surface area (Å²) in [5.74, 6) is -3.66. The smallest absolute Gasteiger partial charge is 0.391 e. The molecule has 1 aliphatic rings. The molecule has 1 fully saturated rings. The summed E-state index contributed by atoms with van der Waals surface area (Å²) in [7, 11) is 0. The van der Waals surface area contributed by atoms with Crippen LogP contribution in [0.1, 0.15) is 78.2 Å². The Morgan fingerprint density at radius 2 is 1.77 bits per heavy atom. The van der Waals surface area contributed by atoms with Crippen molar-refractivity contribution >= 4 is 17.7 Å². The van der Waals surface area contributed by atoms with E-state index in [1.165, 1.54) is 0 Å². The molecule has 10 heteroatoms. The minimum Gasteiger partial charge on any atom is -0.391 e. The highest BCUT2D eigenvalue weighted by Crippen LogP contribution is 2.36. The largest absolute Gasteiger partial charge is 0.471 e. The first-order valence-electron chi connectivity index (χ1n) is 13.9. The van der Waals surface area contributed by atoms with E-state index in [-0.39, 0.29) is 24.2 Å². The lowest BCUT2D eigenvalue weighted by molar-refractivity contribution is -0.176. The number of hydrogen-bond acceptors (Lipinski definition) is 4. The first kappa shape index (κ1) is 32.6. The van der Waals surface area contributed by atoms with Crippen LogP contribution in [0, 0.1) is 17.8 Å². The van der Waals surface area contributed by atoms with Gasteiger partial charge in [-0.25, -0.2) is 0 Å². The summed E-state index contributed by atoms with van der Waals surface area (Å²) in [5, 5.41) is 19.1. The number of amides is 3. The van der Waals surface area contributed by atoms with Crippen molar-refractivity contribution in [3.63, 3.8) is 0 Å². The molecule has 1 aliphatic carbocycles. The van der Waals surface area contributed by atoms with E-state index in [1.54, 1.807) is 20.8 Å². The predicted octanol–water partition coefficient (Wildman–Crippen LogP) is 4.28. The number of aliphatic hydroxyl groups excluding tert-OH is 1. The molecular formula is C29H44F3N3O4. The number of hydrogen-bond donors (Lipinski definition) is 4. The van der Waals surface area contributed by atoms with Gasteiger partial charge in [0.2, 0.25) is 11.8 Å². The number of rotatable bonds is 13. The Morgan fingerprint density at radius 3 is 2.38 bits per heavy atom. The summed E-state index contributed by atoms with van der Waals surface area (Å²) in [6.07, 6.45) is -1.50. The van der Waals surface area contributed by atoms with Gasteiger partial charge in [-0.3, -0.25) is 14.4 Å².